The minimum Gasteiger partial charge on any atom is -0.348 e. The molecule has 0 saturated carbocycles. The Hall–Kier alpha value is -1.83. The number of nitrogens with one attached hydrogen (secondary N) is 1. The molecule has 0 bridgehead atoms. The molecule has 0 unspecified atom stereocenters. The van der Waals surface area contributed by atoms with Crippen LogP contribution in [0.1, 0.15) is 47.3 Å². The Balaban J connectivity index is 1.75. The van der Waals surface area contributed by atoms with Crippen molar-refractivity contribution in [1.82, 2.24) is 9.97 Å². The summed E-state index contributed by atoms with van der Waals surface area (Å²) in [4.78, 5) is 7.35. The molecular formula is C18H24N2. The van der Waals surface area contributed by atoms with Gasteiger partial charge in [-0.15, -0.1) is 0 Å². The number of nitrogens with zero attached hydrogens (tertiary/aromatic N) is 1. The third-order valence-corrected chi connectivity index (χ3v) is 3.84. The molecule has 0 aliphatic heterocycles. The number of aromatic nitrogens is 2. The molecular weight excluding hydrogens is 244 g/mol. The molecule has 2 heteroatoms. The zero-order valence-corrected chi connectivity index (χ0v) is 12.7. The van der Waals surface area contributed by atoms with E-state index in [9.17, 15) is 0 Å². The van der Waals surface area contributed by atoms with Gasteiger partial charge in [0.2, 0.25) is 0 Å². The lowest BCUT2D eigenvalue weighted by Crippen LogP contribution is -1.93. The molecule has 1 aromatic heterocycles. The second-order valence-electron chi connectivity index (χ2n) is 5.43. The zero-order chi connectivity index (χ0) is 14.4. The molecule has 0 spiro atoms. The highest BCUT2D eigenvalue weighted by Gasteiger charge is 2.01. The lowest BCUT2D eigenvalue weighted by atomic mass is 9.97. The van der Waals surface area contributed by atoms with E-state index >= 15 is 0 Å². The number of aromatic amines is 1. The van der Waals surface area contributed by atoms with Crippen LogP contribution in [0.2, 0.25) is 0 Å². The summed E-state index contributed by atoms with van der Waals surface area (Å²) in [6.45, 7) is 6.47. The Labute approximate surface area is 122 Å². The topological polar surface area (TPSA) is 28.7 Å². The van der Waals surface area contributed by atoms with Crippen molar-refractivity contribution in [2.75, 3.05) is 0 Å². The molecule has 0 aliphatic rings. The van der Waals surface area contributed by atoms with Crippen molar-refractivity contribution in [3.05, 3.63) is 58.7 Å². The van der Waals surface area contributed by atoms with Gasteiger partial charge in [-0.25, -0.2) is 4.98 Å². The molecule has 1 heterocycles. The van der Waals surface area contributed by atoms with Gasteiger partial charge in [-0.05, 0) is 69.2 Å². The lowest BCUT2D eigenvalue weighted by molar-refractivity contribution is 0.743. The van der Waals surface area contributed by atoms with Gasteiger partial charge in [0, 0.05) is 5.69 Å². The number of imidazole rings is 1. The van der Waals surface area contributed by atoms with Crippen LogP contribution in [-0.2, 0) is 6.42 Å². The molecule has 2 aromatic rings. The summed E-state index contributed by atoms with van der Waals surface area (Å²) < 4.78 is 0. The first-order valence-corrected chi connectivity index (χ1v) is 7.40. The van der Waals surface area contributed by atoms with E-state index in [1.54, 1.807) is 6.33 Å². The van der Waals surface area contributed by atoms with E-state index in [2.05, 4.69) is 54.2 Å². The number of H-pyrrole nitrogens is 1. The van der Waals surface area contributed by atoms with Gasteiger partial charge in [-0.3, -0.25) is 0 Å². The second kappa shape index (κ2) is 7.09. The van der Waals surface area contributed by atoms with Crippen molar-refractivity contribution >= 4 is 6.08 Å². The van der Waals surface area contributed by atoms with Gasteiger partial charge in [0.05, 0.1) is 12.0 Å². The van der Waals surface area contributed by atoms with Crippen LogP contribution in [0.5, 0.6) is 0 Å². The van der Waals surface area contributed by atoms with Gasteiger partial charge in [-0.2, -0.15) is 0 Å². The Morgan fingerprint density at radius 2 is 1.85 bits per heavy atom. The standard InChI is InChI=1S/C18H24N2/c1-14-9-8-10-15(2)17(14)11-6-4-5-7-12-18-16(3)19-13-20-18/h7-10,12-13H,4-6,11H2,1-3H3,(H,19,20). The average molecular weight is 268 g/mol. The molecule has 1 N–H and O–H groups in total. The molecule has 1 aromatic carbocycles. The second-order valence-corrected chi connectivity index (χ2v) is 5.43. The Morgan fingerprint density at radius 3 is 2.50 bits per heavy atom. The van der Waals surface area contributed by atoms with Crippen molar-refractivity contribution in [2.24, 2.45) is 0 Å². The molecule has 20 heavy (non-hydrogen) atoms. The van der Waals surface area contributed by atoms with Gasteiger partial charge in [0.1, 0.15) is 0 Å². The number of hydrogen-bond donors (Lipinski definition) is 1. The molecule has 0 radical (unpaired) electrons. The monoisotopic (exact) mass is 268 g/mol. The van der Waals surface area contributed by atoms with Crippen LogP contribution >= 0.6 is 0 Å². The van der Waals surface area contributed by atoms with Crippen molar-refractivity contribution in [1.29, 1.82) is 0 Å². The highest BCUT2D eigenvalue weighted by atomic mass is 14.9. The highest BCUT2D eigenvalue weighted by molar-refractivity contribution is 5.46. The molecule has 2 rings (SSSR count). The summed E-state index contributed by atoms with van der Waals surface area (Å²) in [5, 5.41) is 0. The number of unbranched alkanes of at least 4 members (excludes halogenated alkanes) is 2. The maximum atomic E-state index is 4.26. The smallest absolute Gasteiger partial charge is 0.0929 e. The number of rotatable bonds is 6. The van der Waals surface area contributed by atoms with Crippen LogP contribution in [0, 0.1) is 20.8 Å². The van der Waals surface area contributed by atoms with Crippen LogP contribution in [0.15, 0.2) is 30.6 Å². The average Bonchev–Trinajstić information content (AvgIpc) is 2.82. The van der Waals surface area contributed by atoms with Gasteiger partial charge < -0.3 is 4.98 Å². The summed E-state index contributed by atoms with van der Waals surface area (Å²) in [7, 11) is 0. The Kier molecular flexibility index (Phi) is 5.16. The van der Waals surface area contributed by atoms with Crippen molar-refractivity contribution in [3.8, 4) is 0 Å². The maximum absolute atomic E-state index is 4.26. The van der Waals surface area contributed by atoms with E-state index < -0.39 is 0 Å². The van der Waals surface area contributed by atoms with Crippen LogP contribution in [0.4, 0.5) is 0 Å². The van der Waals surface area contributed by atoms with Crippen molar-refractivity contribution < 1.29 is 0 Å². The van der Waals surface area contributed by atoms with Gasteiger partial charge >= 0.3 is 0 Å². The van der Waals surface area contributed by atoms with Gasteiger partial charge in [0.25, 0.3) is 0 Å². The summed E-state index contributed by atoms with van der Waals surface area (Å²) in [5.41, 5.74) is 6.57. The molecule has 106 valence electrons. The maximum Gasteiger partial charge on any atom is 0.0929 e. The van der Waals surface area contributed by atoms with E-state index in [1.807, 2.05) is 6.92 Å². The fraction of sp³-hybridized carbons (Fsp3) is 0.389. The number of benzene rings is 1. The van der Waals surface area contributed by atoms with E-state index in [4.69, 9.17) is 0 Å². The van der Waals surface area contributed by atoms with Crippen molar-refractivity contribution in [3.63, 3.8) is 0 Å². The first-order chi connectivity index (χ1) is 9.68. The number of hydrogen-bond acceptors (Lipinski definition) is 1. The normalized spacial score (nSPS) is 11.3. The largest absolute Gasteiger partial charge is 0.348 e. The van der Waals surface area contributed by atoms with E-state index in [0.717, 1.165) is 17.8 Å². The molecule has 0 fully saturated rings. The Morgan fingerprint density at radius 1 is 1.10 bits per heavy atom. The van der Waals surface area contributed by atoms with Gasteiger partial charge in [-0.1, -0.05) is 24.3 Å². The summed E-state index contributed by atoms with van der Waals surface area (Å²) >= 11 is 0. The predicted octanol–water partition coefficient (Wildman–Crippen LogP) is 4.76. The van der Waals surface area contributed by atoms with Crippen LogP contribution in [-0.4, -0.2) is 9.97 Å². The minimum absolute atomic E-state index is 1.06. The Bertz CT molecular complexity index is 559. The lowest BCUT2D eigenvalue weighted by Gasteiger charge is -2.08. The zero-order valence-electron chi connectivity index (χ0n) is 12.7. The fourth-order valence-corrected chi connectivity index (χ4v) is 2.54. The van der Waals surface area contributed by atoms with Crippen LogP contribution < -0.4 is 0 Å². The van der Waals surface area contributed by atoms with Gasteiger partial charge in [0.15, 0.2) is 0 Å². The first kappa shape index (κ1) is 14.6. The molecule has 2 nitrogen and oxygen atoms in total. The SMILES string of the molecule is Cc1cccc(C)c1CCCCC=Cc1nc[nH]c1C. The third-order valence-electron chi connectivity index (χ3n) is 3.84. The molecule has 0 amide bonds. The fourth-order valence-electron chi connectivity index (χ4n) is 2.54. The van der Waals surface area contributed by atoms with E-state index in [1.165, 1.54) is 36.0 Å². The predicted molar refractivity (Wildman–Crippen MR) is 85.8 cm³/mol. The first-order valence-electron chi connectivity index (χ1n) is 7.40. The highest BCUT2D eigenvalue weighted by Crippen LogP contribution is 2.16. The van der Waals surface area contributed by atoms with E-state index in [0.29, 0.717) is 0 Å². The third kappa shape index (κ3) is 3.83. The number of allylic oxidation sites excluding steroid dienone is 1. The minimum atomic E-state index is 1.06. The van der Waals surface area contributed by atoms with E-state index in [-0.39, 0.29) is 0 Å². The summed E-state index contributed by atoms with van der Waals surface area (Å²) in [5.74, 6) is 0. The van der Waals surface area contributed by atoms with Crippen molar-refractivity contribution in [2.45, 2.75) is 46.5 Å². The summed E-state index contributed by atoms with van der Waals surface area (Å²) in [6.07, 6.45) is 10.9. The molecule has 0 aliphatic carbocycles. The molecule has 0 saturated heterocycles. The summed E-state index contributed by atoms with van der Waals surface area (Å²) in [6, 6.07) is 6.56. The van der Waals surface area contributed by atoms with Crippen LogP contribution in [0.3, 0.4) is 0 Å². The van der Waals surface area contributed by atoms with Crippen LogP contribution in [0.25, 0.3) is 6.08 Å². The number of aryl methyl sites for hydroxylation is 3. The molecule has 0 atom stereocenters. The quantitative estimate of drug-likeness (QED) is 0.752.